The highest BCUT2D eigenvalue weighted by molar-refractivity contribution is 5.62. The second-order valence-corrected chi connectivity index (χ2v) is 5.73. The van der Waals surface area contributed by atoms with Crippen molar-refractivity contribution in [2.45, 2.75) is 46.3 Å². The summed E-state index contributed by atoms with van der Waals surface area (Å²) in [4.78, 5) is 12.6. The third-order valence-corrected chi connectivity index (χ3v) is 3.47. The predicted octanol–water partition coefficient (Wildman–Crippen LogP) is 3.78. The van der Waals surface area contributed by atoms with E-state index in [2.05, 4.69) is 6.07 Å². The van der Waals surface area contributed by atoms with Gasteiger partial charge in [0.05, 0.1) is 24.3 Å². The molecule has 0 atom stereocenters. The molecule has 0 saturated heterocycles. The molecular weight excluding hydrogens is 288 g/mol. The molecule has 0 bridgehead atoms. The minimum Gasteiger partial charge on any atom is -0.491 e. The number of rotatable bonds is 6. The molecule has 1 heterocycles. The van der Waals surface area contributed by atoms with Crippen molar-refractivity contribution in [3.05, 3.63) is 52.3 Å². The van der Waals surface area contributed by atoms with Crippen molar-refractivity contribution in [2.24, 2.45) is 0 Å². The molecule has 120 valence electrons. The predicted molar refractivity (Wildman–Crippen MR) is 91.5 cm³/mol. The highest BCUT2D eigenvalue weighted by Crippen LogP contribution is 2.24. The Hall–Kier alpha value is -2.54. The zero-order valence-electron chi connectivity index (χ0n) is 13.9. The van der Waals surface area contributed by atoms with Crippen molar-refractivity contribution in [1.29, 1.82) is 5.26 Å². The lowest BCUT2D eigenvalue weighted by atomic mass is 10.1. The number of nitrogens with zero attached hydrogens (tertiary/aromatic N) is 2. The van der Waals surface area contributed by atoms with Gasteiger partial charge in [-0.2, -0.15) is 5.26 Å². The van der Waals surface area contributed by atoms with Crippen LogP contribution < -0.4 is 10.3 Å². The van der Waals surface area contributed by atoms with Gasteiger partial charge >= 0.3 is 0 Å². The van der Waals surface area contributed by atoms with Crippen LogP contribution in [0.15, 0.2) is 41.2 Å². The molecule has 1 aromatic carbocycles. The minimum absolute atomic E-state index is 0.0823. The van der Waals surface area contributed by atoms with Gasteiger partial charge in [-0.25, -0.2) is 0 Å². The minimum atomic E-state index is -0.0823. The van der Waals surface area contributed by atoms with E-state index in [1.165, 1.54) is 0 Å². The van der Waals surface area contributed by atoms with Crippen LogP contribution >= 0.6 is 0 Å². The second kappa shape index (κ2) is 7.64. The van der Waals surface area contributed by atoms with Gasteiger partial charge in [0.25, 0.3) is 5.56 Å². The number of benzene rings is 1. The number of ether oxygens (including phenoxy) is 1. The summed E-state index contributed by atoms with van der Waals surface area (Å²) in [5.74, 6) is 0.786. The highest BCUT2D eigenvalue weighted by Gasteiger charge is 2.11. The monoisotopic (exact) mass is 310 g/mol. The second-order valence-electron chi connectivity index (χ2n) is 5.73. The number of nitriles is 1. The fourth-order valence-corrected chi connectivity index (χ4v) is 2.54. The van der Waals surface area contributed by atoms with Crippen molar-refractivity contribution >= 4 is 0 Å². The molecular formula is C19H22N2O2. The third-order valence-electron chi connectivity index (χ3n) is 3.47. The molecule has 0 N–H and O–H groups in total. The van der Waals surface area contributed by atoms with E-state index in [1.54, 1.807) is 10.6 Å². The molecule has 0 radical (unpaired) electrons. The Balaban J connectivity index is 2.52. The van der Waals surface area contributed by atoms with Crippen molar-refractivity contribution in [3.8, 4) is 23.1 Å². The lowest BCUT2D eigenvalue weighted by Gasteiger charge is -2.15. The Morgan fingerprint density at radius 1 is 1.26 bits per heavy atom. The fraction of sp³-hybridized carbons (Fsp3) is 0.368. The zero-order valence-corrected chi connectivity index (χ0v) is 13.9. The van der Waals surface area contributed by atoms with Crippen LogP contribution in [0.1, 0.15) is 32.8 Å². The van der Waals surface area contributed by atoms with Gasteiger partial charge in [-0.3, -0.25) is 4.79 Å². The lowest BCUT2D eigenvalue weighted by molar-refractivity contribution is 0.242. The van der Waals surface area contributed by atoms with E-state index in [-0.39, 0.29) is 18.1 Å². The average Bonchev–Trinajstić information content (AvgIpc) is 2.51. The molecule has 2 aromatic rings. The van der Waals surface area contributed by atoms with E-state index in [0.29, 0.717) is 12.1 Å². The van der Waals surface area contributed by atoms with Crippen LogP contribution in [0.4, 0.5) is 0 Å². The summed E-state index contributed by atoms with van der Waals surface area (Å²) >= 11 is 0. The first kappa shape index (κ1) is 16.8. The van der Waals surface area contributed by atoms with Crippen LogP contribution in [-0.4, -0.2) is 10.7 Å². The van der Waals surface area contributed by atoms with E-state index in [4.69, 9.17) is 10.00 Å². The molecule has 0 saturated carbocycles. The van der Waals surface area contributed by atoms with Gasteiger partial charge < -0.3 is 9.30 Å². The maximum Gasteiger partial charge on any atom is 0.255 e. The van der Waals surface area contributed by atoms with Crippen molar-refractivity contribution in [2.75, 3.05) is 0 Å². The summed E-state index contributed by atoms with van der Waals surface area (Å²) in [5, 5.41) is 8.86. The SMILES string of the molecule is CCCn1c(-c2cccc(OC(C)C)c2)ccc(CC#N)c1=O. The van der Waals surface area contributed by atoms with Crippen molar-refractivity contribution in [1.82, 2.24) is 4.57 Å². The molecule has 23 heavy (non-hydrogen) atoms. The van der Waals surface area contributed by atoms with E-state index in [9.17, 15) is 4.79 Å². The first-order valence-electron chi connectivity index (χ1n) is 7.93. The molecule has 0 fully saturated rings. The Bertz CT molecular complexity index is 770. The summed E-state index contributed by atoms with van der Waals surface area (Å²) in [6, 6.07) is 13.5. The molecule has 0 spiro atoms. The molecule has 2 rings (SSSR count). The molecule has 4 nitrogen and oxygen atoms in total. The summed E-state index contributed by atoms with van der Waals surface area (Å²) < 4.78 is 7.49. The molecule has 0 aliphatic carbocycles. The van der Waals surface area contributed by atoms with E-state index in [0.717, 1.165) is 23.4 Å². The number of hydrogen-bond acceptors (Lipinski definition) is 3. The standard InChI is InChI=1S/C19H22N2O2/c1-4-12-21-18(9-8-15(10-11-20)19(21)22)16-6-5-7-17(13-16)23-14(2)3/h5-9,13-14H,4,10,12H2,1-3H3. The van der Waals surface area contributed by atoms with Gasteiger partial charge in [-0.15, -0.1) is 0 Å². The largest absolute Gasteiger partial charge is 0.491 e. The number of hydrogen-bond donors (Lipinski definition) is 0. The lowest BCUT2D eigenvalue weighted by Crippen LogP contribution is -2.25. The summed E-state index contributed by atoms with van der Waals surface area (Å²) in [7, 11) is 0. The van der Waals surface area contributed by atoms with Gasteiger partial charge in [0, 0.05) is 17.7 Å². The molecule has 4 heteroatoms. The molecule has 0 unspecified atom stereocenters. The first-order chi connectivity index (χ1) is 11.1. The fourth-order valence-electron chi connectivity index (χ4n) is 2.54. The molecule has 0 amide bonds. The van der Waals surface area contributed by atoms with Gasteiger partial charge in [0.15, 0.2) is 0 Å². The van der Waals surface area contributed by atoms with Crippen LogP contribution in [0.3, 0.4) is 0 Å². The molecule has 1 aromatic heterocycles. The third kappa shape index (κ3) is 4.01. The smallest absolute Gasteiger partial charge is 0.255 e. The first-order valence-corrected chi connectivity index (χ1v) is 7.93. The maximum absolute atomic E-state index is 12.6. The average molecular weight is 310 g/mol. The molecule has 0 aliphatic heterocycles. The normalized spacial score (nSPS) is 10.6. The van der Waals surface area contributed by atoms with E-state index in [1.807, 2.05) is 51.1 Å². The van der Waals surface area contributed by atoms with Crippen LogP contribution in [0, 0.1) is 11.3 Å². The van der Waals surface area contributed by atoms with Crippen molar-refractivity contribution in [3.63, 3.8) is 0 Å². The maximum atomic E-state index is 12.6. The topological polar surface area (TPSA) is 55.0 Å². The Morgan fingerprint density at radius 3 is 2.70 bits per heavy atom. The van der Waals surface area contributed by atoms with Gasteiger partial charge in [0.1, 0.15) is 5.75 Å². The highest BCUT2D eigenvalue weighted by atomic mass is 16.5. The number of pyridine rings is 1. The Morgan fingerprint density at radius 2 is 2.04 bits per heavy atom. The van der Waals surface area contributed by atoms with Gasteiger partial charge in [-0.1, -0.05) is 25.1 Å². The van der Waals surface area contributed by atoms with Crippen LogP contribution in [0.5, 0.6) is 5.75 Å². The molecule has 0 aliphatic rings. The Labute approximate surface area is 137 Å². The summed E-state index contributed by atoms with van der Waals surface area (Å²) in [6.45, 7) is 6.63. The summed E-state index contributed by atoms with van der Waals surface area (Å²) in [5.41, 5.74) is 2.25. The Kier molecular flexibility index (Phi) is 5.59. The van der Waals surface area contributed by atoms with E-state index < -0.39 is 0 Å². The van der Waals surface area contributed by atoms with E-state index >= 15 is 0 Å². The van der Waals surface area contributed by atoms with Crippen molar-refractivity contribution < 1.29 is 4.74 Å². The van der Waals surface area contributed by atoms with Gasteiger partial charge in [0.2, 0.25) is 0 Å². The van der Waals surface area contributed by atoms with Crippen LogP contribution in [-0.2, 0) is 13.0 Å². The van der Waals surface area contributed by atoms with Crippen LogP contribution in [0.25, 0.3) is 11.3 Å². The van der Waals surface area contributed by atoms with Gasteiger partial charge in [-0.05, 0) is 38.5 Å². The summed E-state index contributed by atoms with van der Waals surface area (Å²) in [6.07, 6.45) is 1.09. The van der Waals surface area contributed by atoms with Crippen LogP contribution in [0.2, 0.25) is 0 Å². The quantitative estimate of drug-likeness (QED) is 0.816. The zero-order chi connectivity index (χ0) is 16.8. The number of aromatic nitrogens is 1.